The second kappa shape index (κ2) is 4.89. The van der Waals surface area contributed by atoms with Gasteiger partial charge in [-0.1, -0.05) is 33.6 Å². The molecule has 0 spiro atoms. The van der Waals surface area contributed by atoms with E-state index in [1.165, 1.54) is 12.8 Å². The molecule has 0 amide bonds. The number of ketones is 1. The van der Waals surface area contributed by atoms with Crippen LogP contribution in [0.25, 0.3) is 0 Å². The number of aromatic nitrogens is 1. The van der Waals surface area contributed by atoms with Crippen molar-refractivity contribution in [2.45, 2.75) is 58.3 Å². The maximum atomic E-state index is 12.0. The maximum absolute atomic E-state index is 12.0. The van der Waals surface area contributed by atoms with E-state index in [4.69, 9.17) is 0 Å². The molecule has 1 aromatic heterocycles. The number of rotatable bonds is 3. The molecule has 0 radical (unpaired) electrons. The van der Waals surface area contributed by atoms with Gasteiger partial charge >= 0.3 is 0 Å². The van der Waals surface area contributed by atoms with E-state index in [-0.39, 0.29) is 5.41 Å². The van der Waals surface area contributed by atoms with Gasteiger partial charge in [-0.05, 0) is 12.8 Å². The molecule has 0 aliphatic heterocycles. The smallest absolute Gasteiger partial charge is 0.142 e. The van der Waals surface area contributed by atoms with Gasteiger partial charge in [0, 0.05) is 16.7 Å². The first-order valence-corrected chi connectivity index (χ1v) is 7.32. The standard InChI is InChI=1S/C14H21NOS/c1-14(2,3)12-9-17-13(15-12)8-11(16)10-6-4-5-7-10/h9-10H,4-8H2,1-3H3. The number of carbonyl (C=O) groups is 1. The number of carbonyl (C=O) groups excluding carboxylic acids is 1. The minimum absolute atomic E-state index is 0.0884. The van der Waals surface area contributed by atoms with E-state index in [1.807, 2.05) is 0 Å². The van der Waals surface area contributed by atoms with Gasteiger partial charge in [-0.25, -0.2) is 4.98 Å². The summed E-state index contributed by atoms with van der Waals surface area (Å²) in [4.78, 5) is 16.6. The summed E-state index contributed by atoms with van der Waals surface area (Å²) in [7, 11) is 0. The Hall–Kier alpha value is -0.700. The molecule has 1 aromatic rings. The second-order valence-corrected chi connectivity index (χ2v) is 6.94. The number of nitrogens with zero attached hydrogens (tertiary/aromatic N) is 1. The zero-order chi connectivity index (χ0) is 12.5. The van der Waals surface area contributed by atoms with Gasteiger partial charge in [-0.2, -0.15) is 0 Å². The Balaban J connectivity index is 1.99. The average Bonchev–Trinajstić information content (AvgIpc) is 2.85. The van der Waals surface area contributed by atoms with Gasteiger partial charge in [-0.15, -0.1) is 11.3 Å². The van der Waals surface area contributed by atoms with Crippen molar-refractivity contribution in [2.24, 2.45) is 5.92 Å². The highest BCUT2D eigenvalue weighted by molar-refractivity contribution is 7.09. The lowest BCUT2D eigenvalue weighted by Gasteiger charge is -2.14. The fourth-order valence-electron chi connectivity index (χ4n) is 2.28. The normalized spacial score (nSPS) is 17.6. The molecule has 0 unspecified atom stereocenters. The summed E-state index contributed by atoms with van der Waals surface area (Å²) in [5, 5.41) is 3.09. The molecule has 94 valence electrons. The molecule has 2 rings (SSSR count). The van der Waals surface area contributed by atoms with E-state index in [2.05, 4.69) is 31.1 Å². The predicted octanol–water partition coefficient (Wildman–Crippen LogP) is 3.74. The number of thiazole rings is 1. The van der Waals surface area contributed by atoms with Crippen LogP contribution in [-0.2, 0) is 16.6 Å². The predicted molar refractivity (Wildman–Crippen MR) is 71.5 cm³/mol. The number of hydrogen-bond acceptors (Lipinski definition) is 3. The summed E-state index contributed by atoms with van der Waals surface area (Å²) in [5.41, 5.74) is 1.20. The Bertz CT molecular complexity index is 397. The van der Waals surface area contributed by atoms with Crippen LogP contribution < -0.4 is 0 Å². The van der Waals surface area contributed by atoms with E-state index in [1.54, 1.807) is 11.3 Å². The van der Waals surface area contributed by atoms with Crippen LogP contribution in [0, 0.1) is 5.92 Å². The molecule has 1 aliphatic rings. The fourth-order valence-corrected chi connectivity index (χ4v) is 3.31. The molecule has 1 aliphatic carbocycles. The van der Waals surface area contributed by atoms with Crippen LogP contribution in [0.4, 0.5) is 0 Å². The van der Waals surface area contributed by atoms with Crippen molar-refractivity contribution in [1.82, 2.24) is 4.98 Å². The molecular weight excluding hydrogens is 230 g/mol. The van der Waals surface area contributed by atoms with Crippen LogP contribution >= 0.6 is 11.3 Å². The van der Waals surface area contributed by atoms with Crippen molar-refractivity contribution < 1.29 is 4.79 Å². The summed E-state index contributed by atoms with van der Waals surface area (Å²) in [6.07, 6.45) is 5.18. The van der Waals surface area contributed by atoms with E-state index >= 15 is 0 Å². The van der Waals surface area contributed by atoms with Gasteiger partial charge in [0.05, 0.1) is 12.1 Å². The van der Waals surface area contributed by atoms with Crippen molar-refractivity contribution in [3.8, 4) is 0 Å². The third-order valence-electron chi connectivity index (χ3n) is 3.46. The van der Waals surface area contributed by atoms with Crippen molar-refractivity contribution in [3.63, 3.8) is 0 Å². The number of hydrogen-bond donors (Lipinski definition) is 0. The summed E-state index contributed by atoms with van der Waals surface area (Å²) in [6.45, 7) is 6.47. The van der Waals surface area contributed by atoms with E-state index < -0.39 is 0 Å². The maximum Gasteiger partial charge on any atom is 0.142 e. The van der Waals surface area contributed by atoms with Gasteiger partial charge in [0.1, 0.15) is 10.8 Å². The van der Waals surface area contributed by atoms with E-state index in [0.29, 0.717) is 18.1 Å². The van der Waals surface area contributed by atoms with Crippen LogP contribution in [0.1, 0.15) is 57.2 Å². The van der Waals surface area contributed by atoms with Crippen molar-refractivity contribution >= 4 is 17.1 Å². The van der Waals surface area contributed by atoms with Gasteiger partial charge < -0.3 is 0 Å². The summed E-state index contributed by atoms with van der Waals surface area (Å²) < 4.78 is 0. The lowest BCUT2D eigenvalue weighted by Crippen LogP contribution is -2.15. The molecule has 1 heterocycles. The summed E-state index contributed by atoms with van der Waals surface area (Å²) in [6, 6.07) is 0. The highest BCUT2D eigenvalue weighted by atomic mass is 32.1. The SMILES string of the molecule is CC(C)(C)c1csc(CC(=O)C2CCCC2)n1. The Morgan fingerprint density at radius 1 is 1.41 bits per heavy atom. The van der Waals surface area contributed by atoms with Crippen LogP contribution in [0.15, 0.2) is 5.38 Å². The van der Waals surface area contributed by atoms with Gasteiger partial charge in [-0.3, -0.25) is 4.79 Å². The average molecular weight is 251 g/mol. The van der Waals surface area contributed by atoms with Crippen molar-refractivity contribution in [1.29, 1.82) is 0 Å². The van der Waals surface area contributed by atoms with Gasteiger partial charge in [0.2, 0.25) is 0 Å². The van der Waals surface area contributed by atoms with Crippen LogP contribution in [0.5, 0.6) is 0 Å². The molecule has 0 aromatic carbocycles. The lowest BCUT2D eigenvalue weighted by atomic mass is 9.93. The van der Waals surface area contributed by atoms with E-state index in [9.17, 15) is 4.79 Å². The summed E-state index contributed by atoms with van der Waals surface area (Å²) >= 11 is 1.63. The van der Waals surface area contributed by atoms with Gasteiger partial charge in [0.15, 0.2) is 0 Å². The molecular formula is C14H21NOS. The quantitative estimate of drug-likeness (QED) is 0.819. The van der Waals surface area contributed by atoms with Gasteiger partial charge in [0.25, 0.3) is 0 Å². The first-order chi connectivity index (χ1) is 7.97. The molecule has 0 atom stereocenters. The minimum Gasteiger partial charge on any atom is -0.299 e. The minimum atomic E-state index is 0.0884. The Labute approximate surface area is 107 Å². The Kier molecular flexibility index (Phi) is 3.67. The molecule has 2 nitrogen and oxygen atoms in total. The lowest BCUT2D eigenvalue weighted by molar-refractivity contribution is -0.122. The van der Waals surface area contributed by atoms with Crippen LogP contribution in [0.3, 0.4) is 0 Å². The molecule has 1 saturated carbocycles. The molecule has 0 bridgehead atoms. The van der Waals surface area contributed by atoms with Crippen molar-refractivity contribution in [3.05, 3.63) is 16.1 Å². The third kappa shape index (κ3) is 3.15. The largest absolute Gasteiger partial charge is 0.299 e. The first kappa shape index (κ1) is 12.7. The molecule has 1 fully saturated rings. The third-order valence-corrected chi connectivity index (χ3v) is 4.30. The van der Waals surface area contributed by atoms with Crippen LogP contribution in [0.2, 0.25) is 0 Å². The van der Waals surface area contributed by atoms with Crippen molar-refractivity contribution in [2.75, 3.05) is 0 Å². The zero-order valence-corrected chi connectivity index (χ0v) is 11.8. The molecule has 0 N–H and O–H groups in total. The highest BCUT2D eigenvalue weighted by Crippen LogP contribution is 2.28. The van der Waals surface area contributed by atoms with E-state index in [0.717, 1.165) is 23.5 Å². The second-order valence-electron chi connectivity index (χ2n) is 6.00. The zero-order valence-electron chi connectivity index (χ0n) is 11.0. The Morgan fingerprint density at radius 2 is 2.06 bits per heavy atom. The molecule has 3 heteroatoms. The topological polar surface area (TPSA) is 30.0 Å². The molecule has 0 saturated heterocycles. The Morgan fingerprint density at radius 3 is 2.59 bits per heavy atom. The number of Topliss-reactive ketones (excluding diaryl/α,β-unsaturated/α-hetero) is 1. The molecule has 17 heavy (non-hydrogen) atoms. The first-order valence-electron chi connectivity index (χ1n) is 6.44. The van der Waals surface area contributed by atoms with Crippen LogP contribution in [-0.4, -0.2) is 10.8 Å². The fraction of sp³-hybridized carbons (Fsp3) is 0.714. The summed E-state index contributed by atoms with van der Waals surface area (Å²) in [5.74, 6) is 0.717. The highest BCUT2D eigenvalue weighted by Gasteiger charge is 2.24. The monoisotopic (exact) mass is 251 g/mol.